The van der Waals surface area contributed by atoms with E-state index in [0.717, 1.165) is 31.4 Å². The van der Waals surface area contributed by atoms with Crippen LogP contribution in [0.2, 0.25) is 0 Å². The zero-order valence-corrected chi connectivity index (χ0v) is 11.6. The van der Waals surface area contributed by atoms with E-state index in [9.17, 15) is 0 Å². The first-order valence-corrected chi connectivity index (χ1v) is 6.94. The third-order valence-electron chi connectivity index (χ3n) is 4.25. The second-order valence-electron chi connectivity index (χ2n) is 4.95. The van der Waals surface area contributed by atoms with Crippen molar-refractivity contribution < 1.29 is 4.42 Å². The molecule has 0 radical (unpaired) electrons. The van der Waals surface area contributed by atoms with Gasteiger partial charge in [-0.1, -0.05) is 39.0 Å². The van der Waals surface area contributed by atoms with E-state index < -0.39 is 0 Å². The maximum Gasteiger partial charge on any atom is 0.134 e. The van der Waals surface area contributed by atoms with Crippen molar-refractivity contribution in [2.45, 2.75) is 52.1 Å². The fraction of sp³-hybridized carbons (Fsp3) is 0.500. The van der Waals surface area contributed by atoms with Crippen LogP contribution in [0.4, 0.5) is 0 Å². The quantitative estimate of drug-likeness (QED) is 0.811. The largest absolute Gasteiger partial charge is 0.464 e. The van der Waals surface area contributed by atoms with E-state index in [2.05, 4.69) is 38.2 Å². The summed E-state index contributed by atoms with van der Waals surface area (Å²) in [5.41, 5.74) is 2.49. The van der Waals surface area contributed by atoms with Gasteiger partial charge in [-0.25, -0.2) is 0 Å². The highest BCUT2D eigenvalue weighted by atomic mass is 16.3. The molecule has 0 aliphatic rings. The van der Waals surface area contributed by atoms with Gasteiger partial charge in [-0.05, 0) is 25.3 Å². The van der Waals surface area contributed by atoms with Crippen LogP contribution >= 0.6 is 0 Å². The van der Waals surface area contributed by atoms with Crippen LogP contribution in [0.25, 0.3) is 11.0 Å². The molecule has 0 aliphatic heterocycles. The highest BCUT2D eigenvalue weighted by Crippen LogP contribution is 2.24. The molecule has 0 amide bonds. The standard InChI is InChI=1S/C16H23NO/c1-4-16(5-2,6-3)17-11-13-12-18-15-10-8-7-9-14(13)15/h7-10,12,17H,4-6,11H2,1-3H3. The van der Waals surface area contributed by atoms with E-state index >= 15 is 0 Å². The molecule has 0 spiro atoms. The first-order chi connectivity index (χ1) is 8.74. The van der Waals surface area contributed by atoms with Gasteiger partial charge in [0.1, 0.15) is 5.58 Å². The van der Waals surface area contributed by atoms with Crippen molar-refractivity contribution >= 4 is 11.0 Å². The Kier molecular flexibility index (Phi) is 4.07. The maximum absolute atomic E-state index is 5.58. The van der Waals surface area contributed by atoms with Crippen molar-refractivity contribution in [3.63, 3.8) is 0 Å². The number of nitrogens with one attached hydrogen (secondary N) is 1. The van der Waals surface area contributed by atoms with Crippen LogP contribution in [0, 0.1) is 0 Å². The summed E-state index contributed by atoms with van der Waals surface area (Å²) < 4.78 is 5.58. The minimum absolute atomic E-state index is 0.262. The number of hydrogen-bond acceptors (Lipinski definition) is 2. The Morgan fingerprint density at radius 3 is 2.39 bits per heavy atom. The molecular formula is C16H23NO. The SMILES string of the molecule is CCC(CC)(CC)NCc1coc2ccccc12. The van der Waals surface area contributed by atoms with E-state index in [4.69, 9.17) is 4.42 Å². The molecule has 0 atom stereocenters. The van der Waals surface area contributed by atoms with Gasteiger partial charge in [-0.15, -0.1) is 0 Å². The third-order valence-corrected chi connectivity index (χ3v) is 4.25. The normalized spacial score (nSPS) is 12.2. The van der Waals surface area contributed by atoms with Crippen molar-refractivity contribution in [1.29, 1.82) is 0 Å². The van der Waals surface area contributed by atoms with Gasteiger partial charge in [0.2, 0.25) is 0 Å². The molecule has 2 aromatic rings. The smallest absolute Gasteiger partial charge is 0.134 e. The monoisotopic (exact) mass is 245 g/mol. The topological polar surface area (TPSA) is 25.2 Å². The fourth-order valence-electron chi connectivity index (χ4n) is 2.58. The van der Waals surface area contributed by atoms with E-state index in [1.807, 2.05) is 18.4 Å². The van der Waals surface area contributed by atoms with Gasteiger partial charge in [-0.3, -0.25) is 0 Å². The second-order valence-corrected chi connectivity index (χ2v) is 4.95. The van der Waals surface area contributed by atoms with Crippen LogP contribution < -0.4 is 5.32 Å². The molecule has 0 unspecified atom stereocenters. The van der Waals surface area contributed by atoms with Gasteiger partial charge in [-0.2, -0.15) is 0 Å². The molecular weight excluding hydrogens is 222 g/mol. The molecule has 0 bridgehead atoms. The first-order valence-electron chi connectivity index (χ1n) is 6.94. The van der Waals surface area contributed by atoms with Crippen LogP contribution in [-0.2, 0) is 6.54 Å². The van der Waals surface area contributed by atoms with E-state index in [1.54, 1.807) is 0 Å². The van der Waals surface area contributed by atoms with E-state index in [-0.39, 0.29) is 5.54 Å². The predicted octanol–water partition coefficient (Wildman–Crippen LogP) is 4.49. The zero-order chi connectivity index (χ0) is 13.0. The molecule has 0 saturated carbocycles. The van der Waals surface area contributed by atoms with Crippen LogP contribution in [0.3, 0.4) is 0 Å². The molecule has 1 N–H and O–H groups in total. The summed E-state index contributed by atoms with van der Waals surface area (Å²) in [5.74, 6) is 0. The molecule has 1 aromatic heterocycles. The lowest BCUT2D eigenvalue weighted by Crippen LogP contribution is -2.43. The highest BCUT2D eigenvalue weighted by molar-refractivity contribution is 5.80. The Morgan fingerprint density at radius 1 is 1.06 bits per heavy atom. The maximum atomic E-state index is 5.58. The minimum atomic E-state index is 0.262. The molecule has 0 saturated heterocycles. The van der Waals surface area contributed by atoms with Gasteiger partial charge in [0.25, 0.3) is 0 Å². The molecule has 98 valence electrons. The van der Waals surface area contributed by atoms with E-state index in [0.29, 0.717) is 0 Å². The average molecular weight is 245 g/mol. The fourth-order valence-corrected chi connectivity index (χ4v) is 2.58. The Hall–Kier alpha value is -1.28. The summed E-state index contributed by atoms with van der Waals surface area (Å²) in [5, 5.41) is 4.94. The highest BCUT2D eigenvalue weighted by Gasteiger charge is 2.23. The first kappa shape index (κ1) is 13.2. The van der Waals surface area contributed by atoms with Crippen molar-refractivity contribution in [3.8, 4) is 0 Å². The van der Waals surface area contributed by atoms with Crippen LogP contribution in [-0.4, -0.2) is 5.54 Å². The molecule has 1 heterocycles. The second kappa shape index (κ2) is 5.57. The van der Waals surface area contributed by atoms with Crippen molar-refractivity contribution in [2.24, 2.45) is 0 Å². The number of para-hydroxylation sites is 1. The molecule has 0 aliphatic carbocycles. The van der Waals surface area contributed by atoms with Gasteiger partial charge >= 0.3 is 0 Å². The third kappa shape index (κ3) is 2.44. The van der Waals surface area contributed by atoms with Crippen molar-refractivity contribution in [1.82, 2.24) is 5.32 Å². The molecule has 0 fully saturated rings. The minimum Gasteiger partial charge on any atom is -0.464 e. The van der Waals surface area contributed by atoms with E-state index in [1.165, 1.54) is 10.9 Å². The number of fused-ring (bicyclic) bond motifs is 1. The summed E-state index contributed by atoms with van der Waals surface area (Å²) in [6, 6.07) is 8.22. The molecule has 18 heavy (non-hydrogen) atoms. The van der Waals surface area contributed by atoms with Gasteiger partial charge in [0, 0.05) is 23.0 Å². The Balaban J connectivity index is 2.14. The van der Waals surface area contributed by atoms with Gasteiger partial charge in [0.05, 0.1) is 6.26 Å². The number of benzene rings is 1. The predicted molar refractivity (Wildman–Crippen MR) is 76.7 cm³/mol. The van der Waals surface area contributed by atoms with Crippen molar-refractivity contribution in [2.75, 3.05) is 0 Å². The average Bonchev–Trinajstić information content (AvgIpc) is 2.85. The van der Waals surface area contributed by atoms with Crippen LogP contribution in [0.15, 0.2) is 34.9 Å². The summed E-state index contributed by atoms with van der Waals surface area (Å²) >= 11 is 0. The summed E-state index contributed by atoms with van der Waals surface area (Å²) in [7, 11) is 0. The van der Waals surface area contributed by atoms with Gasteiger partial charge in [0.15, 0.2) is 0 Å². The Labute approximate surface area is 109 Å². The summed E-state index contributed by atoms with van der Waals surface area (Å²) in [6.45, 7) is 7.65. The van der Waals surface area contributed by atoms with Crippen LogP contribution in [0.5, 0.6) is 0 Å². The number of hydrogen-bond donors (Lipinski definition) is 1. The van der Waals surface area contributed by atoms with Gasteiger partial charge < -0.3 is 9.73 Å². The Bertz CT molecular complexity index is 488. The number of rotatable bonds is 6. The lowest BCUT2D eigenvalue weighted by Gasteiger charge is -2.31. The molecule has 2 nitrogen and oxygen atoms in total. The molecule has 1 aromatic carbocycles. The van der Waals surface area contributed by atoms with Crippen molar-refractivity contribution in [3.05, 3.63) is 36.1 Å². The lowest BCUT2D eigenvalue weighted by atomic mass is 9.89. The zero-order valence-electron chi connectivity index (χ0n) is 11.6. The molecule has 2 heteroatoms. The number of furan rings is 1. The summed E-state index contributed by atoms with van der Waals surface area (Å²) in [4.78, 5) is 0. The summed E-state index contributed by atoms with van der Waals surface area (Å²) in [6.07, 6.45) is 5.37. The molecule has 2 rings (SSSR count). The van der Waals surface area contributed by atoms with Crippen LogP contribution in [0.1, 0.15) is 45.6 Å². The lowest BCUT2D eigenvalue weighted by molar-refractivity contribution is 0.288. The Morgan fingerprint density at radius 2 is 1.72 bits per heavy atom.